The van der Waals surface area contributed by atoms with E-state index in [0.29, 0.717) is 5.92 Å². The zero-order valence-electron chi connectivity index (χ0n) is 10.8. The smallest absolute Gasteiger partial charge is 0.473 e. The van der Waals surface area contributed by atoms with Crippen molar-refractivity contribution in [3.63, 3.8) is 0 Å². The van der Waals surface area contributed by atoms with Gasteiger partial charge in [0, 0.05) is 18.2 Å². The molecule has 3 unspecified atom stereocenters. The van der Waals surface area contributed by atoms with Crippen LogP contribution in [0.1, 0.15) is 12.5 Å². The standard InChI is InChI=1S/C8H11N5O2.C2H2O4/c14-13(15)8-9-5-12(10-8)7-4-11-2-1-6(7)3-11;3-1(4)2(5)6/h5-7H,1-4H2;(H,3,4)(H,5,6). The van der Waals surface area contributed by atoms with Crippen molar-refractivity contribution in [3.8, 4) is 0 Å². The molecule has 1 aromatic heterocycles. The van der Waals surface area contributed by atoms with E-state index in [0.717, 1.165) is 19.6 Å². The van der Waals surface area contributed by atoms with Crippen LogP contribution in [0, 0.1) is 16.0 Å². The molecule has 3 atom stereocenters. The number of rotatable bonds is 2. The Morgan fingerprint density at radius 1 is 1.33 bits per heavy atom. The second kappa shape index (κ2) is 5.83. The Labute approximate surface area is 117 Å². The molecule has 11 nitrogen and oxygen atoms in total. The summed E-state index contributed by atoms with van der Waals surface area (Å²) in [6.07, 6.45) is 2.64. The van der Waals surface area contributed by atoms with Crippen molar-refractivity contribution >= 4 is 17.9 Å². The number of nitrogens with zero attached hydrogens (tertiary/aromatic N) is 5. The summed E-state index contributed by atoms with van der Waals surface area (Å²) in [6.45, 7) is 3.20. The molecule has 21 heavy (non-hydrogen) atoms. The van der Waals surface area contributed by atoms with E-state index in [1.54, 1.807) is 4.68 Å². The van der Waals surface area contributed by atoms with E-state index in [1.165, 1.54) is 12.7 Å². The van der Waals surface area contributed by atoms with E-state index in [1.807, 2.05) is 0 Å². The lowest BCUT2D eigenvalue weighted by Gasteiger charge is -2.19. The number of hydrogen-bond donors (Lipinski definition) is 2. The van der Waals surface area contributed by atoms with Crippen molar-refractivity contribution in [2.24, 2.45) is 5.92 Å². The number of hydrogen-bond acceptors (Lipinski definition) is 7. The average molecular weight is 299 g/mol. The minimum Gasteiger partial charge on any atom is -0.473 e. The molecule has 1 aromatic rings. The molecule has 0 aliphatic carbocycles. The number of carbonyl (C=O) groups is 2. The van der Waals surface area contributed by atoms with Gasteiger partial charge in [0.2, 0.25) is 6.33 Å². The number of piperidine rings is 1. The van der Waals surface area contributed by atoms with Crippen molar-refractivity contribution in [2.75, 3.05) is 19.6 Å². The van der Waals surface area contributed by atoms with E-state index in [9.17, 15) is 10.1 Å². The Kier molecular flexibility index (Phi) is 4.12. The third-order valence-electron chi connectivity index (χ3n) is 3.48. The van der Waals surface area contributed by atoms with E-state index >= 15 is 0 Å². The van der Waals surface area contributed by atoms with Gasteiger partial charge >= 0.3 is 17.9 Å². The zero-order chi connectivity index (χ0) is 15.6. The maximum Gasteiger partial charge on any atom is 0.490 e. The van der Waals surface area contributed by atoms with Gasteiger partial charge in [-0.3, -0.25) is 0 Å². The molecule has 2 fully saturated rings. The van der Waals surface area contributed by atoms with Crippen molar-refractivity contribution in [1.82, 2.24) is 19.7 Å². The number of nitro groups is 1. The molecule has 0 saturated carbocycles. The molecular weight excluding hydrogens is 286 g/mol. The summed E-state index contributed by atoms with van der Waals surface area (Å²) in [5.74, 6) is -3.36. The molecule has 0 spiro atoms. The SMILES string of the molecule is O=C(O)C(=O)O.O=[N+]([O-])c1ncn(C2CN3CCC2C3)n1. The topological polar surface area (TPSA) is 152 Å². The molecule has 11 heteroatoms. The van der Waals surface area contributed by atoms with Gasteiger partial charge in [-0.05, 0) is 23.8 Å². The number of aromatic nitrogens is 3. The molecule has 3 rings (SSSR count). The number of carboxylic acid groups (broad SMARTS) is 2. The van der Waals surface area contributed by atoms with Gasteiger partial charge in [-0.2, -0.15) is 4.68 Å². The Balaban J connectivity index is 0.000000232. The van der Waals surface area contributed by atoms with Crippen LogP contribution in [-0.2, 0) is 9.59 Å². The molecule has 3 heterocycles. The van der Waals surface area contributed by atoms with Gasteiger partial charge < -0.3 is 25.2 Å². The molecule has 2 aliphatic rings. The monoisotopic (exact) mass is 299 g/mol. The molecule has 0 amide bonds. The maximum atomic E-state index is 10.4. The first kappa shape index (κ1) is 14.8. The van der Waals surface area contributed by atoms with Crippen molar-refractivity contribution in [2.45, 2.75) is 12.5 Å². The van der Waals surface area contributed by atoms with Crippen LogP contribution >= 0.6 is 0 Å². The summed E-state index contributed by atoms with van der Waals surface area (Å²) in [5, 5.41) is 29.1. The Hall–Kier alpha value is -2.56. The van der Waals surface area contributed by atoms with Crippen molar-refractivity contribution < 1.29 is 24.7 Å². The molecule has 2 bridgehead atoms. The Morgan fingerprint density at radius 3 is 2.38 bits per heavy atom. The number of fused-ring (bicyclic) bond motifs is 2. The van der Waals surface area contributed by atoms with Gasteiger partial charge in [-0.25, -0.2) is 9.59 Å². The average Bonchev–Trinajstić information content (AvgIpc) is 3.15. The van der Waals surface area contributed by atoms with Gasteiger partial charge in [0.05, 0.1) is 6.04 Å². The quantitative estimate of drug-likeness (QED) is 0.406. The zero-order valence-corrected chi connectivity index (χ0v) is 10.8. The minimum atomic E-state index is -1.82. The van der Waals surface area contributed by atoms with Crippen LogP contribution in [0.15, 0.2) is 6.33 Å². The van der Waals surface area contributed by atoms with Crippen LogP contribution in [0.5, 0.6) is 0 Å². The molecule has 0 aromatic carbocycles. The fourth-order valence-electron chi connectivity index (χ4n) is 2.56. The largest absolute Gasteiger partial charge is 0.490 e. The van der Waals surface area contributed by atoms with Gasteiger partial charge in [-0.1, -0.05) is 4.98 Å². The predicted octanol–water partition coefficient (Wildman–Crippen LogP) is -0.781. The lowest BCUT2D eigenvalue weighted by atomic mass is 10.0. The highest BCUT2D eigenvalue weighted by Crippen LogP contribution is 2.35. The Morgan fingerprint density at radius 2 is 2.00 bits per heavy atom. The van der Waals surface area contributed by atoms with Gasteiger partial charge in [0.1, 0.15) is 0 Å². The molecule has 114 valence electrons. The first-order chi connectivity index (χ1) is 9.88. The second-order valence-electron chi connectivity index (χ2n) is 4.77. The van der Waals surface area contributed by atoms with Gasteiger partial charge in [0.15, 0.2) is 0 Å². The lowest BCUT2D eigenvalue weighted by molar-refractivity contribution is -0.394. The highest BCUT2D eigenvalue weighted by molar-refractivity contribution is 6.27. The third-order valence-corrected chi connectivity index (χ3v) is 3.48. The van der Waals surface area contributed by atoms with Gasteiger partial charge in [0.25, 0.3) is 0 Å². The number of aliphatic carboxylic acids is 2. The maximum absolute atomic E-state index is 10.4. The molecular formula is C10H13N5O6. The van der Waals surface area contributed by atoms with Crippen LogP contribution in [0.4, 0.5) is 5.95 Å². The molecule has 0 radical (unpaired) electrons. The van der Waals surface area contributed by atoms with Crippen LogP contribution in [0.3, 0.4) is 0 Å². The summed E-state index contributed by atoms with van der Waals surface area (Å²) >= 11 is 0. The highest BCUT2D eigenvalue weighted by atomic mass is 16.6. The van der Waals surface area contributed by atoms with Crippen LogP contribution < -0.4 is 0 Å². The van der Waals surface area contributed by atoms with Crippen molar-refractivity contribution in [3.05, 3.63) is 16.4 Å². The van der Waals surface area contributed by atoms with Gasteiger partial charge in [-0.15, -0.1) is 0 Å². The van der Waals surface area contributed by atoms with Crippen LogP contribution in [-0.4, -0.2) is 66.4 Å². The summed E-state index contributed by atoms with van der Waals surface area (Å²) in [7, 11) is 0. The fraction of sp³-hybridized carbons (Fsp3) is 0.600. The summed E-state index contributed by atoms with van der Waals surface area (Å²) in [5.41, 5.74) is 0. The minimum absolute atomic E-state index is 0.278. The lowest BCUT2D eigenvalue weighted by Crippen LogP contribution is -2.26. The number of carboxylic acids is 2. The van der Waals surface area contributed by atoms with E-state index in [4.69, 9.17) is 19.8 Å². The highest BCUT2D eigenvalue weighted by Gasteiger charge is 2.41. The molecule has 2 saturated heterocycles. The summed E-state index contributed by atoms with van der Waals surface area (Å²) in [6, 6.07) is 0.278. The second-order valence-corrected chi connectivity index (χ2v) is 4.77. The molecule has 2 N–H and O–H groups in total. The van der Waals surface area contributed by atoms with E-state index in [2.05, 4.69) is 15.0 Å². The van der Waals surface area contributed by atoms with Crippen LogP contribution in [0.2, 0.25) is 0 Å². The Bertz CT molecular complexity index is 560. The van der Waals surface area contributed by atoms with E-state index in [-0.39, 0.29) is 12.0 Å². The van der Waals surface area contributed by atoms with E-state index < -0.39 is 16.9 Å². The normalized spacial score (nSPS) is 26.0. The fourth-order valence-corrected chi connectivity index (χ4v) is 2.56. The van der Waals surface area contributed by atoms with Crippen LogP contribution in [0.25, 0.3) is 0 Å². The molecule has 2 aliphatic heterocycles. The third kappa shape index (κ3) is 3.31. The van der Waals surface area contributed by atoms with Crippen molar-refractivity contribution in [1.29, 1.82) is 0 Å². The first-order valence-electron chi connectivity index (χ1n) is 6.12. The predicted molar refractivity (Wildman–Crippen MR) is 65.5 cm³/mol. The summed E-state index contributed by atoms with van der Waals surface area (Å²) < 4.78 is 1.65. The summed E-state index contributed by atoms with van der Waals surface area (Å²) in [4.78, 5) is 34.1. The first-order valence-corrected chi connectivity index (χ1v) is 6.12.